The molecule has 1 saturated heterocycles. The largest absolute Gasteiger partial charge is 0.463 e. The number of ether oxygens (including phenoxy) is 4. The van der Waals surface area contributed by atoms with E-state index in [4.69, 9.17) is 18.9 Å². The van der Waals surface area contributed by atoms with Crippen LogP contribution in [0, 0.1) is 0 Å². The Kier molecular flexibility index (Phi) is 7.08. The summed E-state index contributed by atoms with van der Waals surface area (Å²) in [7, 11) is 0. The molecule has 0 aromatic heterocycles. The zero-order valence-corrected chi connectivity index (χ0v) is 14.9. The van der Waals surface area contributed by atoms with Crippen molar-refractivity contribution in [1.82, 2.24) is 0 Å². The molecule has 0 saturated carbocycles. The van der Waals surface area contributed by atoms with Crippen LogP contribution in [0.5, 0.6) is 0 Å². The quantitative estimate of drug-likeness (QED) is 0.376. The van der Waals surface area contributed by atoms with Crippen LogP contribution >= 0.6 is 31.9 Å². The molecule has 1 aliphatic heterocycles. The lowest BCUT2D eigenvalue weighted by Crippen LogP contribution is -2.58. The maximum atomic E-state index is 11.3. The van der Waals surface area contributed by atoms with Crippen LogP contribution in [0.4, 0.5) is 0 Å². The van der Waals surface area contributed by atoms with E-state index in [2.05, 4.69) is 31.9 Å². The van der Waals surface area contributed by atoms with Gasteiger partial charge in [-0.3, -0.25) is 14.4 Å². The second-order valence-electron chi connectivity index (χ2n) is 4.42. The average Bonchev–Trinajstić information content (AvgIpc) is 2.35. The van der Waals surface area contributed by atoms with Crippen molar-refractivity contribution in [2.45, 2.75) is 48.9 Å². The predicted octanol–water partition coefficient (Wildman–Crippen LogP) is 1.30. The molecule has 120 valence electrons. The first kappa shape index (κ1) is 18.4. The number of hydrogen-bond acceptors (Lipinski definition) is 7. The van der Waals surface area contributed by atoms with Gasteiger partial charge in [0, 0.05) is 20.8 Å². The SMILES string of the molecule is CC(=O)OC[C@H]1O[C@H](Br)[C@@H](Br)[C@@H](OC(C)=O)[C@H]1OC(C)=O. The fourth-order valence-corrected chi connectivity index (χ4v) is 2.96. The van der Waals surface area contributed by atoms with Crippen LogP contribution in [-0.4, -0.2) is 52.7 Å². The van der Waals surface area contributed by atoms with Gasteiger partial charge < -0.3 is 18.9 Å². The van der Waals surface area contributed by atoms with Crippen LogP contribution in [0.15, 0.2) is 0 Å². The molecule has 1 fully saturated rings. The van der Waals surface area contributed by atoms with Gasteiger partial charge in [-0.1, -0.05) is 31.9 Å². The maximum Gasteiger partial charge on any atom is 0.303 e. The third-order valence-electron chi connectivity index (χ3n) is 2.61. The molecule has 5 atom stereocenters. The Morgan fingerprint density at radius 3 is 1.95 bits per heavy atom. The first-order chi connectivity index (χ1) is 9.72. The van der Waals surface area contributed by atoms with Crippen LogP contribution in [0.25, 0.3) is 0 Å². The lowest BCUT2D eigenvalue weighted by Gasteiger charge is -2.41. The van der Waals surface area contributed by atoms with Crippen LogP contribution in [0.2, 0.25) is 0 Å². The van der Waals surface area contributed by atoms with Gasteiger partial charge >= 0.3 is 17.9 Å². The number of carbonyl (C=O) groups is 3. The summed E-state index contributed by atoms with van der Waals surface area (Å²) in [6, 6.07) is 0. The highest BCUT2D eigenvalue weighted by Crippen LogP contribution is 2.33. The number of esters is 3. The van der Waals surface area contributed by atoms with E-state index in [1.54, 1.807) is 0 Å². The summed E-state index contributed by atoms with van der Waals surface area (Å²) in [6.45, 7) is 3.63. The van der Waals surface area contributed by atoms with E-state index >= 15 is 0 Å². The minimum Gasteiger partial charge on any atom is -0.463 e. The zero-order valence-electron chi connectivity index (χ0n) is 11.7. The molecule has 0 amide bonds. The molecular weight excluding hydrogens is 416 g/mol. The van der Waals surface area contributed by atoms with Gasteiger partial charge in [-0.05, 0) is 0 Å². The van der Waals surface area contributed by atoms with Crippen molar-refractivity contribution in [2.24, 2.45) is 0 Å². The summed E-state index contributed by atoms with van der Waals surface area (Å²) < 4.78 is 20.9. The van der Waals surface area contributed by atoms with Crippen LogP contribution in [0.1, 0.15) is 20.8 Å². The van der Waals surface area contributed by atoms with Crippen molar-refractivity contribution >= 4 is 49.8 Å². The van der Waals surface area contributed by atoms with Crippen molar-refractivity contribution in [1.29, 1.82) is 0 Å². The first-order valence-corrected chi connectivity index (χ1v) is 7.97. The smallest absolute Gasteiger partial charge is 0.303 e. The number of alkyl halides is 2. The predicted molar refractivity (Wildman–Crippen MR) is 78.0 cm³/mol. The summed E-state index contributed by atoms with van der Waals surface area (Å²) in [5.74, 6) is -1.56. The second kappa shape index (κ2) is 8.09. The molecular formula is C12H16Br2O7. The van der Waals surface area contributed by atoms with E-state index in [-0.39, 0.29) is 6.61 Å². The molecule has 0 radical (unpaired) electrons. The number of halogens is 2. The van der Waals surface area contributed by atoms with Gasteiger partial charge in [0.25, 0.3) is 0 Å². The van der Waals surface area contributed by atoms with E-state index < -0.39 is 46.1 Å². The van der Waals surface area contributed by atoms with Crippen molar-refractivity contribution in [3.8, 4) is 0 Å². The molecule has 0 N–H and O–H groups in total. The second-order valence-corrected chi connectivity index (χ2v) is 6.38. The lowest BCUT2D eigenvalue weighted by atomic mass is 10.0. The van der Waals surface area contributed by atoms with E-state index in [1.807, 2.05) is 0 Å². The molecule has 0 spiro atoms. The molecule has 1 aliphatic rings. The Morgan fingerprint density at radius 1 is 0.952 bits per heavy atom. The van der Waals surface area contributed by atoms with Gasteiger partial charge in [-0.25, -0.2) is 0 Å². The minimum absolute atomic E-state index is 0.118. The Morgan fingerprint density at radius 2 is 1.48 bits per heavy atom. The van der Waals surface area contributed by atoms with E-state index in [1.165, 1.54) is 20.8 Å². The topological polar surface area (TPSA) is 88.1 Å². The van der Waals surface area contributed by atoms with Gasteiger partial charge in [-0.2, -0.15) is 0 Å². The standard InChI is InChI=1S/C12H16Br2O7/c1-5(15)18-4-8-10(19-6(2)16)11(20-7(3)17)9(13)12(14)21-8/h8-12H,4H2,1-3H3/t8-,9+,10+,11-,12+/m1/s1. The van der Waals surface area contributed by atoms with Gasteiger partial charge in [0.15, 0.2) is 12.2 Å². The van der Waals surface area contributed by atoms with Crippen LogP contribution in [-0.2, 0) is 33.3 Å². The zero-order chi connectivity index (χ0) is 16.2. The van der Waals surface area contributed by atoms with Gasteiger partial charge in [0.05, 0.1) is 4.83 Å². The molecule has 1 heterocycles. The van der Waals surface area contributed by atoms with Gasteiger partial charge in [0.2, 0.25) is 0 Å². The summed E-state index contributed by atoms with van der Waals surface area (Å²) >= 11 is 6.62. The molecule has 21 heavy (non-hydrogen) atoms. The van der Waals surface area contributed by atoms with Crippen LogP contribution in [0.3, 0.4) is 0 Å². The molecule has 7 nitrogen and oxygen atoms in total. The highest BCUT2D eigenvalue weighted by molar-refractivity contribution is 9.12. The highest BCUT2D eigenvalue weighted by Gasteiger charge is 2.48. The first-order valence-electron chi connectivity index (χ1n) is 6.13. The summed E-state index contributed by atoms with van der Waals surface area (Å²) in [4.78, 5) is 33.0. The van der Waals surface area contributed by atoms with Crippen molar-refractivity contribution in [2.75, 3.05) is 6.61 Å². The monoisotopic (exact) mass is 430 g/mol. The Balaban J connectivity index is 2.94. The number of hydrogen-bond donors (Lipinski definition) is 0. The Labute approximate surface area is 138 Å². The van der Waals surface area contributed by atoms with Crippen molar-refractivity contribution in [3.05, 3.63) is 0 Å². The summed E-state index contributed by atoms with van der Waals surface area (Å²) in [6.07, 6.45) is -2.41. The Bertz CT molecular complexity index is 414. The molecule has 1 rings (SSSR count). The summed E-state index contributed by atoms with van der Waals surface area (Å²) in [5, 5.41) is -0.505. The van der Waals surface area contributed by atoms with E-state index in [0.29, 0.717) is 0 Å². The normalized spacial score (nSPS) is 32.1. The highest BCUT2D eigenvalue weighted by atomic mass is 79.9. The third-order valence-corrected chi connectivity index (χ3v) is 5.11. The minimum atomic E-state index is -0.885. The van der Waals surface area contributed by atoms with Crippen molar-refractivity contribution in [3.63, 3.8) is 0 Å². The average molecular weight is 432 g/mol. The van der Waals surface area contributed by atoms with E-state index in [9.17, 15) is 14.4 Å². The van der Waals surface area contributed by atoms with E-state index in [0.717, 1.165) is 0 Å². The molecule has 0 aromatic carbocycles. The molecule has 9 heteroatoms. The number of carbonyl (C=O) groups excluding carboxylic acids is 3. The molecule has 0 aliphatic carbocycles. The van der Waals surface area contributed by atoms with Crippen LogP contribution < -0.4 is 0 Å². The Hall–Kier alpha value is -0.670. The van der Waals surface area contributed by atoms with Gasteiger partial charge in [0.1, 0.15) is 17.7 Å². The molecule has 0 aromatic rings. The van der Waals surface area contributed by atoms with Crippen molar-refractivity contribution < 1.29 is 33.3 Å². The fourth-order valence-electron chi connectivity index (χ4n) is 1.85. The summed E-state index contributed by atoms with van der Waals surface area (Å²) in [5.41, 5.74) is 0. The molecule has 0 unspecified atom stereocenters. The fraction of sp³-hybridized carbons (Fsp3) is 0.750. The number of rotatable bonds is 4. The van der Waals surface area contributed by atoms with Gasteiger partial charge in [-0.15, -0.1) is 0 Å². The molecule has 0 bridgehead atoms. The lowest BCUT2D eigenvalue weighted by molar-refractivity contribution is -0.201. The maximum absolute atomic E-state index is 11.3. The third kappa shape index (κ3) is 5.55.